The third-order valence-corrected chi connectivity index (χ3v) is 5.52. The van der Waals surface area contributed by atoms with E-state index < -0.39 is 21.0 Å². The summed E-state index contributed by atoms with van der Waals surface area (Å²) in [5.74, 6) is -0.493. The lowest BCUT2D eigenvalue weighted by Gasteiger charge is -2.17. The van der Waals surface area contributed by atoms with Crippen molar-refractivity contribution in [1.29, 1.82) is 0 Å². The molecule has 2 rings (SSSR count). The Balaban J connectivity index is 2.13. The fourth-order valence-electron chi connectivity index (χ4n) is 2.40. The van der Waals surface area contributed by atoms with Gasteiger partial charge >= 0.3 is 0 Å². The number of carbonyl (C=O) groups excluding carboxylic acids is 1. The number of amides is 1. The van der Waals surface area contributed by atoms with Crippen molar-refractivity contribution in [3.8, 4) is 5.69 Å². The SMILES string of the molecule is Cc1cc(C)n(-c2ccc([C@@H](C)NC(=O)[C@@H](C)S(C)(=O)=O)cc2)n1. The Morgan fingerprint density at radius 3 is 2.21 bits per heavy atom. The Labute approximate surface area is 142 Å². The van der Waals surface area contributed by atoms with Crippen LogP contribution in [0.15, 0.2) is 30.3 Å². The fourth-order valence-corrected chi connectivity index (χ4v) is 2.86. The molecule has 130 valence electrons. The second-order valence-corrected chi connectivity index (χ2v) is 8.50. The van der Waals surface area contributed by atoms with Crippen LogP contribution in [-0.4, -0.2) is 35.6 Å². The summed E-state index contributed by atoms with van der Waals surface area (Å²) < 4.78 is 24.8. The van der Waals surface area contributed by atoms with E-state index in [-0.39, 0.29) is 6.04 Å². The van der Waals surface area contributed by atoms with E-state index in [2.05, 4.69) is 10.4 Å². The van der Waals surface area contributed by atoms with Crippen molar-refractivity contribution in [3.05, 3.63) is 47.3 Å². The van der Waals surface area contributed by atoms with E-state index in [9.17, 15) is 13.2 Å². The van der Waals surface area contributed by atoms with E-state index in [0.717, 1.165) is 28.9 Å². The molecule has 0 fully saturated rings. The zero-order chi connectivity index (χ0) is 18.1. The third-order valence-electron chi connectivity index (χ3n) is 4.02. The standard InChI is InChI=1S/C17H23N3O3S/c1-11-10-12(2)20(19-11)16-8-6-15(7-9-16)13(3)18-17(21)14(4)24(5,22)23/h6-10,13-14H,1-5H3,(H,18,21)/t13-,14-/m1/s1. The summed E-state index contributed by atoms with van der Waals surface area (Å²) in [6.45, 7) is 7.15. The first-order chi connectivity index (χ1) is 11.1. The third kappa shape index (κ3) is 4.03. The maximum absolute atomic E-state index is 12.0. The molecule has 7 heteroatoms. The van der Waals surface area contributed by atoms with Crippen LogP contribution in [-0.2, 0) is 14.6 Å². The summed E-state index contributed by atoms with van der Waals surface area (Å²) in [7, 11) is -3.40. The Morgan fingerprint density at radius 2 is 1.75 bits per heavy atom. The lowest BCUT2D eigenvalue weighted by Crippen LogP contribution is -2.38. The second kappa shape index (κ2) is 6.76. The van der Waals surface area contributed by atoms with Gasteiger partial charge < -0.3 is 5.32 Å². The average molecular weight is 349 g/mol. The number of hydrogen-bond donors (Lipinski definition) is 1. The molecule has 1 heterocycles. The molecule has 0 spiro atoms. The number of sulfone groups is 1. The second-order valence-electron chi connectivity index (χ2n) is 6.13. The summed E-state index contributed by atoms with van der Waals surface area (Å²) in [5.41, 5.74) is 3.83. The highest BCUT2D eigenvalue weighted by Crippen LogP contribution is 2.17. The minimum absolute atomic E-state index is 0.281. The van der Waals surface area contributed by atoms with Crippen molar-refractivity contribution >= 4 is 15.7 Å². The number of aryl methyl sites for hydroxylation is 2. The van der Waals surface area contributed by atoms with Crippen molar-refractivity contribution in [2.45, 2.75) is 39.0 Å². The number of nitrogens with one attached hydrogen (secondary N) is 1. The highest BCUT2D eigenvalue weighted by atomic mass is 32.2. The van der Waals surface area contributed by atoms with Gasteiger partial charge in [0.15, 0.2) is 9.84 Å². The van der Waals surface area contributed by atoms with Crippen molar-refractivity contribution < 1.29 is 13.2 Å². The van der Waals surface area contributed by atoms with Crippen LogP contribution >= 0.6 is 0 Å². The summed E-state index contributed by atoms with van der Waals surface area (Å²) >= 11 is 0. The van der Waals surface area contributed by atoms with Crippen LogP contribution in [0.25, 0.3) is 5.69 Å². The molecule has 6 nitrogen and oxygen atoms in total. The van der Waals surface area contributed by atoms with Crippen molar-refractivity contribution in [3.63, 3.8) is 0 Å². The Hall–Kier alpha value is -2.15. The number of benzene rings is 1. The predicted octanol–water partition coefficient (Wildman–Crippen LogP) is 2.10. The smallest absolute Gasteiger partial charge is 0.238 e. The van der Waals surface area contributed by atoms with Crippen LogP contribution in [0.4, 0.5) is 0 Å². The van der Waals surface area contributed by atoms with Gasteiger partial charge in [-0.05, 0) is 51.5 Å². The van der Waals surface area contributed by atoms with Crippen LogP contribution in [0, 0.1) is 13.8 Å². The van der Waals surface area contributed by atoms with E-state index in [4.69, 9.17) is 0 Å². The van der Waals surface area contributed by atoms with Gasteiger partial charge in [0, 0.05) is 11.9 Å². The zero-order valence-electron chi connectivity index (χ0n) is 14.6. The molecule has 2 aromatic rings. The summed E-state index contributed by atoms with van der Waals surface area (Å²) in [6, 6.07) is 9.39. The number of carbonyl (C=O) groups is 1. The lowest BCUT2D eigenvalue weighted by atomic mass is 10.1. The van der Waals surface area contributed by atoms with Crippen molar-refractivity contribution in [2.75, 3.05) is 6.26 Å². The minimum Gasteiger partial charge on any atom is -0.348 e. The van der Waals surface area contributed by atoms with Crippen LogP contribution in [0.5, 0.6) is 0 Å². The van der Waals surface area contributed by atoms with E-state index in [1.165, 1.54) is 6.92 Å². The van der Waals surface area contributed by atoms with Crippen molar-refractivity contribution in [1.82, 2.24) is 15.1 Å². The van der Waals surface area contributed by atoms with Crippen LogP contribution < -0.4 is 5.32 Å². The molecule has 0 saturated carbocycles. The van der Waals surface area contributed by atoms with Crippen LogP contribution in [0.1, 0.15) is 36.8 Å². The van der Waals surface area contributed by atoms with Gasteiger partial charge in [-0.15, -0.1) is 0 Å². The fraction of sp³-hybridized carbons (Fsp3) is 0.412. The average Bonchev–Trinajstić information content (AvgIpc) is 2.84. The molecule has 0 aliphatic rings. The van der Waals surface area contributed by atoms with Gasteiger partial charge in [0.25, 0.3) is 0 Å². The molecule has 0 aliphatic carbocycles. The van der Waals surface area contributed by atoms with E-state index in [0.29, 0.717) is 0 Å². The molecule has 0 saturated heterocycles. The molecule has 1 aromatic carbocycles. The maximum Gasteiger partial charge on any atom is 0.238 e. The Bertz CT molecular complexity index is 838. The quantitative estimate of drug-likeness (QED) is 0.896. The Morgan fingerprint density at radius 1 is 1.17 bits per heavy atom. The first-order valence-electron chi connectivity index (χ1n) is 7.72. The molecule has 0 radical (unpaired) electrons. The number of rotatable bonds is 5. The van der Waals surface area contributed by atoms with Gasteiger partial charge in [-0.2, -0.15) is 5.10 Å². The number of nitrogens with zero attached hydrogens (tertiary/aromatic N) is 2. The monoisotopic (exact) mass is 349 g/mol. The normalized spacial score (nSPS) is 14.2. The molecular weight excluding hydrogens is 326 g/mol. The Kier molecular flexibility index (Phi) is 5.13. The molecule has 1 aromatic heterocycles. The van der Waals surface area contributed by atoms with Gasteiger partial charge in [-0.3, -0.25) is 4.79 Å². The summed E-state index contributed by atoms with van der Waals surface area (Å²) in [6.07, 6.45) is 1.06. The van der Waals surface area contributed by atoms with E-state index in [1.807, 2.05) is 55.8 Å². The lowest BCUT2D eigenvalue weighted by molar-refractivity contribution is -0.121. The van der Waals surface area contributed by atoms with E-state index >= 15 is 0 Å². The van der Waals surface area contributed by atoms with Gasteiger partial charge in [-0.1, -0.05) is 12.1 Å². The molecule has 0 bridgehead atoms. The first kappa shape index (κ1) is 18.2. The predicted molar refractivity (Wildman–Crippen MR) is 93.9 cm³/mol. The van der Waals surface area contributed by atoms with E-state index in [1.54, 1.807) is 0 Å². The molecule has 0 aliphatic heterocycles. The number of aromatic nitrogens is 2. The molecule has 1 amide bonds. The topological polar surface area (TPSA) is 81.1 Å². The largest absolute Gasteiger partial charge is 0.348 e. The minimum atomic E-state index is -3.40. The van der Waals surface area contributed by atoms with Gasteiger partial charge in [0.05, 0.1) is 17.4 Å². The number of hydrogen-bond acceptors (Lipinski definition) is 4. The summed E-state index contributed by atoms with van der Waals surface area (Å²) in [4.78, 5) is 12.0. The molecular formula is C17H23N3O3S. The highest BCUT2D eigenvalue weighted by Gasteiger charge is 2.24. The van der Waals surface area contributed by atoms with Gasteiger partial charge in [0.2, 0.25) is 5.91 Å². The molecule has 1 N–H and O–H groups in total. The first-order valence-corrected chi connectivity index (χ1v) is 9.68. The summed E-state index contributed by atoms with van der Waals surface area (Å²) in [5, 5.41) is 6.11. The van der Waals surface area contributed by atoms with Crippen LogP contribution in [0.3, 0.4) is 0 Å². The van der Waals surface area contributed by atoms with Gasteiger partial charge in [0.1, 0.15) is 5.25 Å². The zero-order valence-corrected chi connectivity index (χ0v) is 15.4. The van der Waals surface area contributed by atoms with Crippen molar-refractivity contribution in [2.24, 2.45) is 0 Å². The molecule has 2 atom stereocenters. The van der Waals surface area contributed by atoms with Gasteiger partial charge in [-0.25, -0.2) is 13.1 Å². The molecule has 24 heavy (non-hydrogen) atoms. The van der Waals surface area contributed by atoms with Crippen LogP contribution in [0.2, 0.25) is 0 Å². The maximum atomic E-state index is 12.0. The molecule has 0 unspecified atom stereocenters. The highest BCUT2D eigenvalue weighted by molar-refractivity contribution is 7.92.